The van der Waals surface area contributed by atoms with E-state index < -0.39 is 42.4 Å². The Kier molecular flexibility index (Phi) is 10.4. The normalized spacial score (nSPS) is 12.5. The van der Waals surface area contributed by atoms with E-state index in [2.05, 4.69) is 0 Å². The molecule has 0 bridgehead atoms. The molecule has 0 spiro atoms. The summed E-state index contributed by atoms with van der Waals surface area (Å²) in [6.45, 7) is 3.45. The highest BCUT2D eigenvalue weighted by atomic mass is 16.6. The molecular weight excluding hydrogens is 382 g/mol. The number of unbranched alkanes of at least 4 members (excludes halogenated alkanes) is 1. The van der Waals surface area contributed by atoms with Gasteiger partial charge in [-0.05, 0) is 18.9 Å². The number of nitrogens with one attached hydrogen (secondary N) is 1. The summed E-state index contributed by atoms with van der Waals surface area (Å²) in [5.41, 5.74) is -1.57. The van der Waals surface area contributed by atoms with Crippen LogP contribution in [0.5, 0.6) is 0 Å². The molecule has 0 aliphatic carbocycles. The average molecular weight is 409 g/mol. The van der Waals surface area contributed by atoms with E-state index in [9.17, 15) is 24.3 Å². The molecule has 1 atom stereocenters. The molecule has 0 radical (unpaired) electrons. The summed E-state index contributed by atoms with van der Waals surface area (Å²) >= 11 is 0. The van der Waals surface area contributed by atoms with Crippen LogP contribution in [0, 0.1) is 0 Å². The van der Waals surface area contributed by atoms with Crippen molar-refractivity contribution in [2.75, 3.05) is 13.2 Å². The fourth-order valence-electron chi connectivity index (χ4n) is 2.43. The van der Waals surface area contributed by atoms with Gasteiger partial charge in [-0.1, -0.05) is 43.7 Å². The first-order chi connectivity index (χ1) is 13.8. The molecule has 1 aromatic carbocycles. The highest BCUT2D eigenvalue weighted by Gasteiger charge is 2.45. The second-order valence-electron chi connectivity index (χ2n) is 6.22. The standard InChI is InChI=1S/C20H27NO8/c1-3-5-11-29-20(21-19(25)26,13-16(22)12-17(23)27-4-2)18(24)28-14-15-9-7-6-8-10-15/h6-10,21H,3-5,11-14H2,1-2H3,(H,25,26)/t20-/m1/s1. The van der Waals surface area contributed by atoms with Crippen molar-refractivity contribution in [2.45, 2.75) is 51.9 Å². The molecule has 0 aliphatic heterocycles. The van der Waals surface area contributed by atoms with E-state index in [1.165, 1.54) is 0 Å². The lowest BCUT2D eigenvalue weighted by atomic mass is 10.0. The number of ether oxygens (including phenoxy) is 3. The number of benzene rings is 1. The maximum absolute atomic E-state index is 12.8. The number of ketones is 1. The van der Waals surface area contributed by atoms with Crippen LogP contribution in [-0.2, 0) is 35.2 Å². The number of hydrogen-bond donors (Lipinski definition) is 2. The summed E-state index contributed by atoms with van der Waals surface area (Å²) in [4.78, 5) is 48.0. The SMILES string of the molecule is CCCCO[C@@](CC(=O)CC(=O)OCC)(NC(=O)O)C(=O)OCc1ccccc1. The number of rotatable bonds is 13. The van der Waals surface area contributed by atoms with Crippen LogP contribution in [0.1, 0.15) is 45.1 Å². The number of Topliss-reactive ketones (excluding diaryl/α,β-unsaturated/α-hetero) is 1. The van der Waals surface area contributed by atoms with E-state index in [0.29, 0.717) is 12.0 Å². The van der Waals surface area contributed by atoms with E-state index in [4.69, 9.17) is 14.2 Å². The largest absolute Gasteiger partial charge is 0.466 e. The highest BCUT2D eigenvalue weighted by molar-refractivity contribution is 5.99. The first kappa shape index (κ1) is 24.1. The van der Waals surface area contributed by atoms with Gasteiger partial charge in [0.05, 0.1) is 19.6 Å². The fraction of sp³-hybridized carbons (Fsp3) is 0.500. The summed E-state index contributed by atoms with van der Waals surface area (Å²) in [5.74, 6) is -2.55. The molecule has 2 N–H and O–H groups in total. The maximum Gasteiger partial charge on any atom is 0.407 e. The molecule has 0 unspecified atom stereocenters. The first-order valence-electron chi connectivity index (χ1n) is 9.36. The molecule has 160 valence electrons. The van der Waals surface area contributed by atoms with Crippen LogP contribution in [0.25, 0.3) is 0 Å². The third kappa shape index (κ3) is 8.73. The van der Waals surface area contributed by atoms with Crippen molar-refractivity contribution in [1.29, 1.82) is 0 Å². The first-order valence-corrected chi connectivity index (χ1v) is 9.36. The molecule has 29 heavy (non-hydrogen) atoms. The van der Waals surface area contributed by atoms with Crippen LogP contribution in [0.2, 0.25) is 0 Å². The fourth-order valence-corrected chi connectivity index (χ4v) is 2.43. The molecule has 0 aliphatic rings. The van der Waals surface area contributed by atoms with Crippen molar-refractivity contribution in [3.63, 3.8) is 0 Å². The third-order valence-electron chi connectivity index (χ3n) is 3.79. The van der Waals surface area contributed by atoms with Crippen molar-refractivity contribution in [3.8, 4) is 0 Å². The molecule has 9 nitrogen and oxygen atoms in total. The molecule has 9 heteroatoms. The van der Waals surface area contributed by atoms with Gasteiger partial charge in [0, 0.05) is 0 Å². The lowest BCUT2D eigenvalue weighted by molar-refractivity contribution is -0.181. The highest BCUT2D eigenvalue weighted by Crippen LogP contribution is 2.19. The smallest absolute Gasteiger partial charge is 0.407 e. The van der Waals surface area contributed by atoms with E-state index >= 15 is 0 Å². The van der Waals surface area contributed by atoms with Crippen LogP contribution in [-0.4, -0.2) is 47.9 Å². The van der Waals surface area contributed by atoms with Crippen molar-refractivity contribution in [2.24, 2.45) is 0 Å². The van der Waals surface area contributed by atoms with Gasteiger partial charge < -0.3 is 19.3 Å². The predicted molar refractivity (Wildman–Crippen MR) is 102 cm³/mol. The van der Waals surface area contributed by atoms with E-state index in [1.807, 2.05) is 12.2 Å². The molecule has 0 aromatic heterocycles. The summed E-state index contributed by atoms with van der Waals surface area (Å²) in [6, 6.07) is 8.76. The molecular formula is C20H27NO8. The van der Waals surface area contributed by atoms with Crippen molar-refractivity contribution in [3.05, 3.63) is 35.9 Å². The second-order valence-corrected chi connectivity index (χ2v) is 6.22. The molecule has 1 aromatic rings. The number of carboxylic acid groups (broad SMARTS) is 1. The molecule has 0 saturated carbocycles. The van der Waals surface area contributed by atoms with Gasteiger partial charge in [0.2, 0.25) is 5.72 Å². The van der Waals surface area contributed by atoms with Gasteiger partial charge in [-0.15, -0.1) is 0 Å². The zero-order valence-corrected chi connectivity index (χ0v) is 16.6. The van der Waals surface area contributed by atoms with Crippen molar-refractivity contribution >= 4 is 23.8 Å². The van der Waals surface area contributed by atoms with Gasteiger partial charge in [0.15, 0.2) is 0 Å². The van der Waals surface area contributed by atoms with Gasteiger partial charge in [-0.3, -0.25) is 14.9 Å². The van der Waals surface area contributed by atoms with E-state index in [-0.39, 0.29) is 19.8 Å². The minimum atomic E-state index is -2.25. The zero-order valence-electron chi connectivity index (χ0n) is 16.6. The Morgan fingerprint density at radius 1 is 1.07 bits per heavy atom. The number of carbonyl (C=O) groups is 4. The van der Waals surface area contributed by atoms with E-state index in [1.54, 1.807) is 37.3 Å². The monoisotopic (exact) mass is 409 g/mol. The Morgan fingerprint density at radius 3 is 2.34 bits per heavy atom. The summed E-state index contributed by atoms with van der Waals surface area (Å²) < 4.78 is 15.4. The predicted octanol–water partition coefficient (Wildman–Crippen LogP) is 2.42. The van der Waals surface area contributed by atoms with Gasteiger partial charge in [-0.2, -0.15) is 0 Å². The van der Waals surface area contributed by atoms with E-state index in [0.717, 1.165) is 6.42 Å². The van der Waals surface area contributed by atoms with Crippen LogP contribution in [0.4, 0.5) is 4.79 Å². The Bertz CT molecular complexity index is 691. The quantitative estimate of drug-likeness (QED) is 0.220. The van der Waals surface area contributed by atoms with Crippen molar-refractivity contribution in [1.82, 2.24) is 5.32 Å². The average Bonchev–Trinajstić information content (AvgIpc) is 2.66. The van der Waals surface area contributed by atoms with Crippen LogP contribution < -0.4 is 5.32 Å². The third-order valence-corrected chi connectivity index (χ3v) is 3.79. The number of amides is 1. The Balaban J connectivity index is 3.00. The van der Waals surface area contributed by atoms with Gasteiger partial charge in [0.25, 0.3) is 0 Å². The zero-order chi connectivity index (χ0) is 21.7. The number of carbonyl (C=O) groups excluding carboxylic acids is 3. The summed E-state index contributed by atoms with van der Waals surface area (Å²) in [6.07, 6.45) is -1.63. The molecule has 1 rings (SSSR count). The molecule has 1 amide bonds. The van der Waals surface area contributed by atoms with Gasteiger partial charge >= 0.3 is 18.0 Å². The lowest BCUT2D eigenvalue weighted by Crippen LogP contribution is -2.58. The topological polar surface area (TPSA) is 128 Å². The minimum Gasteiger partial charge on any atom is -0.466 e. The lowest BCUT2D eigenvalue weighted by Gasteiger charge is -2.30. The van der Waals surface area contributed by atoms with Crippen LogP contribution in [0.15, 0.2) is 30.3 Å². The summed E-state index contributed by atoms with van der Waals surface area (Å²) in [5, 5.41) is 11.2. The summed E-state index contributed by atoms with van der Waals surface area (Å²) in [7, 11) is 0. The minimum absolute atomic E-state index is 0.0178. The molecule has 0 heterocycles. The second kappa shape index (κ2) is 12.5. The van der Waals surface area contributed by atoms with Crippen LogP contribution >= 0.6 is 0 Å². The van der Waals surface area contributed by atoms with Crippen molar-refractivity contribution < 1.29 is 38.5 Å². The Hall–Kier alpha value is -2.94. The maximum atomic E-state index is 12.8. The molecule has 0 saturated heterocycles. The molecule has 0 fully saturated rings. The number of hydrogen-bond acceptors (Lipinski definition) is 7. The van der Waals surface area contributed by atoms with Crippen LogP contribution in [0.3, 0.4) is 0 Å². The Labute approximate surface area is 169 Å². The van der Waals surface area contributed by atoms with Gasteiger partial charge in [-0.25, -0.2) is 9.59 Å². The number of esters is 2. The Morgan fingerprint density at radius 2 is 1.76 bits per heavy atom. The van der Waals surface area contributed by atoms with Gasteiger partial charge in [0.1, 0.15) is 18.8 Å².